The third kappa shape index (κ3) is 5.18. The predicted molar refractivity (Wildman–Crippen MR) is 117 cm³/mol. The van der Waals surface area contributed by atoms with E-state index in [9.17, 15) is 35.2 Å². The molecule has 0 aliphatic heterocycles. The lowest BCUT2D eigenvalue weighted by molar-refractivity contribution is -0.121. The molecule has 1 aliphatic carbocycles. The van der Waals surface area contributed by atoms with Gasteiger partial charge in [0, 0.05) is 5.56 Å². The molecule has 0 saturated heterocycles. The third-order valence-electron chi connectivity index (χ3n) is 5.61. The van der Waals surface area contributed by atoms with E-state index in [-0.39, 0.29) is 5.13 Å². The molecule has 0 spiro atoms. The van der Waals surface area contributed by atoms with Crippen LogP contribution in [0.15, 0.2) is 47.4 Å². The van der Waals surface area contributed by atoms with E-state index >= 15 is 0 Å². The predicted octanol–water partition coefficient (Wildman–Crippen LogP) is 4.38. The van der Waals surface area contributed by atoms with Crippen LogP contribution in [-0.4, -0.2) is 37.2 Å². The van der Waals surface area contributed by atoms with Crippen molar-refractivity contribution in [1.29, 1.82) is 0 Å². The van der Waals surface area contributed by atoms with Crippen LogP contribution < -0.4 is 10.0 Å². The summed E-state index contributed by atoms with van der Waals surface area (Å²) in [4.78, 5) is 11.9. The van der Waals surface area contributed by atoms with Crippen molar-refractivity contribution in [2.45, 2.75) is 35.7 Å². The second-order valence-electron chi connectivity index (χ2n) is 7.86. The molecule has 1 fully saturated rings. The van der Waals surface area contributed by atoms with Gasteiger partial charge in [-0.25, -0.2) is 21.9 Å². The van der Waals surface area contributed by atoms with Crippen LogP contribution in [0.3, 0.4) is 0 Å². The highest BCUT2D eigenvalue weighted by molar-refractivity contribution is 7.89. The SMILES string of the molecule is O=C(Nc1nnc(C2(c3ccccc3F)CCC2)s1)c1cc(S(=O)(=O)NCC(F)(F)F)ccc1F. The van der Waals surface area contributed by atoms with Gasteiger partial charge >= 0.3 is 6.18 Å². The monoisotopic (exact) mass is 532 g/mol. The van der Waals surface area contributed by atoms with Gasteiger partial charge in [0.2, 0.25) is 15.2 Å². The Kier molecular flexibility index (Phi) is 6.64. The van der Waals surface area contributed by atoms with Gasteiger partial charge in [0.05, 0.1) is 15.9 Å². The second-order valence-corrected chi connectivity index (χ2v) is 10.6. The lowest BCUT2D eigenvalue weighted by Gasteiger charge is -2.40. The Morgan fingerprint density at radius 2 is 1.77 bits per heavy atom. The Labute approximate surface area is 200 Å². The molecule has 1 aliphatic rings. The van der Waals surface area contributed by atoms with Gasteiger partial charge in [0.1, 0.15) is 23.2 Å². The van der Waals surface area contributed by atoms with Crippen molar-refractivity contribution < 1.29 is 35.2 Å². The summed E-state index contributed by atoms with van der Waals surface area (Å²) in [6.45, 7) is -1.83. The number of benzene rings is 2. The Hall–Kier alpha value is -2.97. The number of aromatic nitrogens is 2. The van der Waals surface area contributed by atoms with E-state index in [2.05, 4.69) is 15.5 Å². The third-order valence-corrected chi connectivity index (χ3v) is 8.05. The van der Waals surface area contributed by atoms with Crippen LogP contribution in [-0.2, 0) is 15.4 Å². The minimum absolute atomic E-state index is 0.0320. The summed E-state index contributed by atoms with van der Waals surface area (Å²) in [5.74, 6) is -2.57. The van der Waals surface area contributed by atoms with Crippen molar-refractivity contribution in [1.82, 2.24) is 14.9 Å². The highest BCUT2D eigenvalue weighted by Gasteiger charge is 2.45. The lowest BCUT2D eigenvalue weighted by atomic mass is 9.65. The zero-order valence-electron chi connectivity index (χ0n) is 17.7. The van der Waals surface area contributed by atoms with Gasteiger partial charge < -0.3 is 0 Å². The van der Waals surface area contributed by atoms with Crippen molar-refractivity contribution in [2.75, 3.05) is 11.9 Å². The fourth-order valence-electron chi connectivity index (χ4n) is 3.72. The number of rotatable bonds is 7. The fraction of sp³-hybridized carbons (Fsp3) is 0.286. The van der Waals surface area contributed by atoms with Gasteiger partial charge in [-0.15, -0.1) is 10.2 Å². The number of nitrogens with zero attached hydrogens (tertiary/aromatic N) is 2. The van der Waals surface area contributed by atoms with Crippen molar-refractivity contribution in [2.24, 2.45) is 0 Å². The van der Waals surface area contributed by atoms with Crippen molar-refractivity contribution in [3.05, 3.63) is 70.2 Å². The normalized spacial score (nSPS) is 15.5. The number of amides is 1. The molecular weight excluding hydrogens is 515 g/mol. The van der Waals surface area contributed by atoms with Gasteiger partial charge in [-0.2, -0.15) is 13.2 Å². The molecule has 1 heterocycles. The number of hydrogen-bond acceptors (Lipinski definition) is 6. The zero-order valence-corrected chi connectivity index (χ0v) is 19.3. The first kappa shape index (κ1) is 25.1. The maximum absolute atomic E-state index is 14.5. The van der Waals surface area contributed by atoms with Crippen LogP contribution in [0.25, 0.3) is 0 Å². The molecule has 0 atom stereocenters. The molecule has 7 nitrogen and oxygen atoms in total. The van der Waals surface area contributed by atoms with Crippen LogP contribution in [0, 0.1) is 11.6 Å². The molecule has 1 saturated carbocycles. The molecular formula is C21H17F5N4O3S2. The van der Waals surface area contributed by atoms with E-state index in [4.69, 9.17) is 0 Å². The number of carbonyl (C=O) groups is 1. The van der Waals surface area contributed by atoms with E-state index < -0.39 is 56.2 Å². The number of carbonyl (C=O) groups excluding carboxylic acids is 1. The molecule has 0 unspecified atom stereocenters. The molecule has 3 aromatic rings. The molecule has 186 valence electrons. The average Bonchev–Trinajstić information content (AvgIpc) is 3.21. The van der Waals surface area contributed by atoms with E-state index in [0.717, 1.165) is 23.8 Å². The van der Waals surface area contributed by atoms with Crippen LogP contribution in [0.2, 0.25) is 0 Å². The highest BCUT2D eigenvalue weighted by atomic mass is 32.2. The quantitative estimate of drug-likeness (QED) is 0.440. The zero-order chi connectivity index (χ0) is 25.4. The molecule has 1 amide bonds. The van der Waals surface area contributed by atoms with E-state index in [1.165, 1.54) is 10.8 Å². The van der Waals surface area contributed by atoms with Gasteiger partial charge in [-0.05, 0) is 37.1 Å². The van der Waals surface area contributed by atoms with Gasteiger partial charge in [0.25, 0.3) is 5.91 Å². The largest absolute Gasteiger partial charge is 0.402 e. The Morgan fingerprint density at radius 3 is 2.40 bits per heavy atom. The van der Waals surface area contributed by atoms with Crippen LogP contribution in [0.4, 0.5) is 27.1 Å². The second kappa shape index (κ2) is 9.24. The molecule has 4 rings (SSSR count). The number of hydrogen-bond donors (Lipinski definition) is 2. The standard InChI is InChI=1S/C21H17F5N4O3S2/c22-15-7-6-12(35(32,33)27-11-21(24,25)26)10-13(15)17(31)28-19-30-29-18(34-19)20(8-3-9-20)14-4-1-2-5-16(14)23/h1-2,4-7,10,27H,3,8-9,11H2,(H,28,30,31). The number of sulfonamides is 1. The summed E-state index contributed by atoms with van der Waals surface area (Å²) in [6, 6.07) is 8.29. The number of halogens is 5. The van der Waals surface area contributed by atoms with E-state index in [1.807, 2.05) is 0 Å². The Balaban J connectivity index is 1.56. The van der Waals surface area contributed by atoms with Crippen LogP contribution in [0.1, 0.15) is 40.2 Å². The van der Waals surface area contributed by atoms with Crippen LogP contribution in [0.5, 0.6) is 0 Å². The molecule has 0 radical (unpaired) electrons. The van der Waals surface area contributed by atoms with Crippen molar-refractivity contribution >= 4 is 32.4 Å². The summed E-state index contributed by atoms with van der Waals surface area (Å²) in [5, 5.41) is 10.7. The first-order chi connectivity index (χ1) is 16.4. The smallest absolute Gasteiger partial charge is 0.296 e. The summed E-state index contributed by atoms with van der Waals surface area (Å²) >= 11 is 0.970. The van der Waals surface area contributed by atoms with E-state index in [0.29, 0.717) is 35.5 Å². The van der Waals surface area contributed by atoms with E-state index in [1.54, 1.807) is 18.2 Å². The number of alkyl halides is 3. The minimum Gasteiger partial charge on any atom is -0.296 e. The Bertz CT molecular complexity index is 1370. The number of nitrogens with one attached hydrogen (secondary N) is 2. The lowest BCUT2D eigenvalue weighted by Crippen LogP contribution is -2.36. The highest BCUT2D eigenvalue weighted by Crippen LogP contribution is 2.50. The topological polar surface area (TPSA) is 101 Å². The summed E-state index contributed by atoms with van der Waals surface area (Å²) in [5.41, 5.74) is -0.963. The molecule has 2 N–H and O–H groups in total. The van der Waals surface area contributed by atoms with Crippen molar-refractivity contribution in [3.63, 3.8) is 0 Å². The minimum atomic E-state index is -4.80. The van der Waals surface area contributed by atoms with Gasteiger partial charge in [-0.3, -0.25) is 10.1 Å². The maximum atomic E-state index is 14.5. The summed E-state index contributed by atoms with van der Waals surface area (Å²) < 4.78 is 91.5. The fourth-order valence-corrected chi connectivity index (χ4v) is 5.76. The molecule has 2 aromatic carbocycles. The number of anilines is 1. The Morgan fingerprint density at radius 1 is 1.06 bits per heavy atom. The van der Waals surface area contributed by atoms with Crippen LogP contribution >= 0.6 is 11.3 Å². The van der Waals surface area contributed by atoms with Crippen molar-refractivity contribution in [3.8, 4) is 0 Å². The first-order valence-corrected chi connectivity index (χ1v) is 12.5. The maximum Gasteiger partial charge on any atom is 0.402 e. The summed E-state index contributed by atoms with van der Waals surface area (Å²) in [6.07, 6.45) is -2.72. The molecule has 0 bridgehead atoms. The molecule has 35 heavy (non-hydrogen) atoms. The first-order valence-electron chi connectivity index (χ1n) is 10.2. The molecule has 14 heteroatoms. The average molecular weight is 533 g/mol. The van der Waals surface area contributed by atoms with Gasteiger partial charge in [0.15, 0.2) is 0 Å². The molecule has 1 aromatic heterocycles. The summed E-state index contributed by atoms with van der Waals surface area (Å²) in [7, 11) is -4.66. The van der Waals surface area contributed by atoms with Gasteiger partial charge in [-0.1, -0.05) is 36.0 Å².